The van der Waals surface area contributed by atoms with Gasteiger partial charge in [-0.05, 0) is 140 Å². The predicted molar refractivity (Wildman–Crippen MR) is 261 cm³/mol. The molecule has 4 aliphatic heterocycles. The molecule has 0 aromatic heterocycles. The van der Waals surface area contributed by atoms with Crippen LogP contribution >= 0.6 is 0 Å². The molecule has 8 rings (SSSR count). The van der Waals surface area contributed by atoms with E-state index in [1.54, 1.807) is 14.7 Å². The first-order valence-corrected chi connectivity index (χ1v) is 23.4. The number of carbonyl (C=O) groups excluding carboxylic acids is 4. The minimum absolute atomic E-state index is 0. The normalized spacial score (nSPS) is 23.5. The van der Waals surface area contributed by atoms with Crippen molar-refractivity contribution < 1.29 is 78.6 Å². The second-order valence-corrected chi connectivity index (χ2v) is 24.6. The molecule has 8 aliphatic rings. The molecule has 0 radical (unpaired) electrons. The van der Waals surface area contributed by atoms with Gasteiger partial charge in [0.2, 0.25) is 6.04 Å². The van der Waals surface area contributed by atoms with E-state index in [2.05, 4.69) is 11.8 Å². The van der Waals surface area contributed by atoms with Crippen molar-refractivity contribution in [2.24, 2.45) is 39.2 Å². The summed E-state index contributed by atoms with van der Waals surface area (Å²) in [5, 5.41) is 15.5. The largest absolute Gasteiger partial charge is 1.00 e. The van der Waals surface area contributed by atoms with Gasteiger partial charge < -0.3 is 66.1 Å². The van der Waals surface area contributed by atoms with Crippen molar-refractivity contribution in [1.29, 1.82) is 5.26 Å². The number of likely N-dealkylation sites (tertiary alicyclic amines) is 4. The average Bonchev–Trinajstić information content (AvgIpc) is 3.03. The average molecular weight is 989 g/mol. The molecule has 4 amide bonds. The second-order valence-electron chi connectivity index (χ2n) is 24.6. The molecule has 3 N–H and O–H groups in total. The van der Waals surface area contributed by atoms with Crippen molar-refractivity contribution in [1.82, 2.24) is 19.6 Å². The van der Waals surface area contributed by atoms with Crippen LogP contribution in [0.25, 0.3) is 4.85 Å². The van der Waals surface area contributed by atoms with Crippen molar-refractivity contribution in [3.05, 3.63) is 18.0 Å². The molecule has 4 saturated heterocycles. The van der Waals surface area contributed by atoms with E-state index in [1.165, 1.54) is 25.7 Å². The number of nitrogens with zero attached hydrogens (tertiary/aromatic N) is 6. The van der Waals surface area contributed by atoms with Crippen LogP contribution in [0.2, 0.25) is 0 Å². The van der Waals surface area contributed by atoms with Crippen LogP contribution in [0.15, 0.2) is 0 Å². The second kappa shape index (κ2) is 25.0. The van der Waals surface area contributed by atoms with Gasteiger partial charge in [0.1, 0.15) is 22.4 Å². The van der Waals surface area contributed by atoms with Crippen molar-refractivity contribution >= 4 is 24.4 Å². The number of ether oxygens (including phenoxy) is 4. The van der Waals surface area contributed by atoms with Crippen LogP contribution in [-0.4, -0.2) is 150 Å². The summed E-state index contributed by atoms with van der Waals surface area (Å²) in [6, 6.07) is 0.195. The Bertz CT molecular complexity index is 1680. The number of halogens is 1. The van der Waals surface area contributed by atoms with Crippen LogP contribution in [0.4, 0.5) is 23.6 Å². The van der Waals surface area contributed by atoms with Gasteiger partial charge in [-0.3, -0.25) is 4.39 Å². The number of hydrogen-bond acceptors (Lipinski definition) is 11. The Morgan fingerprint density at radius 3 is 1.04 bits per heavy atom. The molecular weight excluding hydrogens is 897 g/mol. The minimum Gasteiger partial charge on any atom is -0.512 e. The summed E-state index contributed by atoms with van der Waals surface area (Å²) in [7, 11) is -1.00. The van der Waals surface area contributed by atoms with E-state index >= 15 is 0 Å². The van der Waals surface area contributed by atoms with E-state index in [0.29, 0.717) is 16.7 Å². The molecule has 4 heterocycles. The summed E-state index contributed by atoms with van der Waals surface area (Å²) in [5.41, 5.74) is 5.35. The number of aliphatic hydroxyl groups is 1. The molecule has 4 spiro atoms. The molecule has 4 saturated carbocycles. The fourth-order valence-corrected chi connectivity index (χ4v) is 10.6. The molecule has 16 nitrogen and oxygen atoms in total. The van der Waals surface area contributed by atoms with Crippen LogP contribution in [0, 0.1) is 51.9 Å². The Balaban J connectivity index is 0.000000867. The molecule has 18 heteroatoms. The van der Waals surface area contributed by atoms with Crippen molar-refractivity contribution in [3.63, 3.8) is 0 Å². The van der Waals surface area contributed by atoms with Crippen LogP contribution < -0.4 is 35.3 Å². The van der Waals surface area contributed by atoms with Gasteiger partial charge in [-0.25, -0.2) is 25.8 Å². The molecular formula is C51H91FN7NaO9. The maximum atomic E-state index is 11.7. The molecule has 8 fully saturated rings. The molecule has 0 aromatic rings. The van der Waals surface area contributed by atoms with Crippen molar-refractivity contribution in [3.8, 4) is 0 Å². The van der Waals surface area contributed by atoms with Crippen LogP contribution in [0.5, 0.6) is 0 Å². The maximum Gasteiger partial charge on any atom is 1.00 e. The van der Waals surface area contributed by atoms with E-state index in [0.717, 1.165) is 90.5 Å². The third-order valence-corrected chi connectivity index (χ3v) is 13.0. The van der Waals surface area contributed by atoms with Gasteiger partial charge in [0.05, 0.1) is 14.6 Å². The molecule has 392 valence electrons. The van der Waals surface area contributed by atoms with Gasteiger partial charge in [-0.1, -0.05) is 21.8 Å². The summed E-state index contributed by atoms with van der Waals surface area (Å²) < 4.78 is 36.7. The molecule has 0 unspecified atom stereocenters. The molecule has 69 heavy (non-hydrogen) atoms. The van der Waals surface area contributed by atoms with Crippen LogP contribution in [0.3, 0.4) is 0 Å². The first-order valence-electron chi connectivity index (χ1n) is 24.1. The monoisotopic (exact) mass is 989 g/mol. The fraction of sp³-hybridized carbons (Fsp3) is 0.882. The SMILES string of the molecule is C.C.CC(C)(C)OC(=O)N1CC2(CC(CN)C2)C1.CC(C)(C)OC(=O)N1CC2(CC(O)C2)C1.CC1CC2(C1)CN(C(=O)OC(C)(C)C)C2.[2H]CF.[C-]#N.[C-]#[N+]C1CC2(C1)CN(C(=O)OC(C)(C)C)C2.[Na+]. The maximum absolute atomic E-state index is 11.7. The van der Waals surface area contributed by atoms with Crippen LogP contribution in [0.1, 0.15) is 158 Å². The fourth-order valence-electron chi connectivity index (χ4n) is 10.6. The number of aliphatic hydroxyl groups excluding tert-OH is 1. The Morgan fingerprint density at radius 1 is 0.609 bits per heavy atom. The van der Waals surface area contributed by atoms with Crippen molar-refractivity contribution in [2.45, 2.75) is 191 Å². The molecule has 4 aliphatic carbocycles. The van der Waals surface area contributed by atoms with Gasteiger partial charge in [0, 0.05) is 86.9 Å². The smallest absolute Gasteiger partial charge is 0.512 e. The first-order chi connectivity index (χ1) is 30.7. The number of nitrogens with two attached hydrogens (primary N) is 1. The molecule has 0 atom stereocenters. The summed E-state index contributed by atoms with van der Waals surface area (Å²) in [6.45, 7) is 43.9. The van der Waals surface area contributed by atoms with Crippen LogP contribution in [-0.2, 0) is 18.9 Å². The third-order valence-electron chi connectivity index (χ3n) is 13.0. The number of carbonyl (C=O) groups is 4. The quantitative estimate of drug-likeness (QED) is 0.158. The van der Waals surface area contributed by atoms with Gasteiger partial charge in [-0.15, -0.1) is 0 Å². The van der Waals surface area contributed by atoms with Gasteiger partial charge in [0.15, 0.2) is 0 Å². The van der Waals surface area contributed by atoms with E-state index in [9.17, 15) is 28.7 Å². The summed E-state index contributed by atoms with van der Waals surface area (Å²) in [4.78, 5) is 57.2. The zero-order valence-corrected chi connectivity index (χ0v) is 45.4. The van der Waals surface area contributed by atoms with Gasteiger partial charge in [-0.2, -0.15) is 0 Å². The zero-order chi connectivity index (χ0) is 51.2. The zero-order valence-electron chi connectivity index (χ0n) is 44.4. The van der Waals surface area contributed by atoms with Crippen molar-refractivity contribution in [2.75, 3.05) is 66.1 Å². The minimum atomic E-state index is -1.00. The predicted octanol–water partition coefficient (Wildman–Crippen LogP) is 6.89. The number of amides is 4. The number of hydrogen-bond donors (Lipinski definition) is 2. The Morgan fingerprint density at radius 2 is 0.841 bits per heavy atom. The standard InChI is InChI=1S/C12H18N2O2.C12H22N2O2.C12H21NO2.C11H19NO3.CH3F.CN.2CH4.Na/c1-11(2,3)16-10(15)14-7-12(8-14)5-9(6-12)13-4;1-11(2,3)16-10(15)14-7-12(8-14)4-9(5-12)6-13;1-9-5-12(6-9)7-13(8-12)10(14)15-11(2,3)4;1-10(2,3)15-9(14)12-6-11(7-12)4-8(13)5-11;2*1-2;;;/h9H,5-8H2,1-3H3;9H,4-8,13H2,1-3H3;9H,5-8H2,1-4H3;8,13H,4-7H2,1-3H3;1H3;;2*1H4;/q;;;;;-1;;;+1/i;;;;1D;;;;. The molecule has 0 bridgehead atoms. The Labute approximate surface area is 439 Å². The summed E-state index contributed by atoms with van der Waals surface area (Å²) in [5.74, 6) is 1.53. The Kier molecular flexibility index (Phi) is 23.2. The van der Waals surface area contributed by atoms with E-state index in [1.807, 2.05) is 88.0 Å². The van der Waals surface area contributed by atoms with Gasteiger partial charge in [0.25, 0.3) is 0 Å². The summed E-state index contributed by atoms with van der Waals surface area (Å²) >= 11 is 0. The number of rotatable bonds is 1. The van der Waals surface area contributed by atoms with E-state index in [-0.39, 0.29) is 103 Å². The third kappa shape index (κ3) is 18.8. The topological polar surface area (TPSA) is 193 Å². The van der Waals surface area contributed by atoms with E-state index in [4.69, 9.17) is 44.5 Å². The summed E-state index contributed by atoms with van der Waals surface area (Å²) in [6.07, 6.45) is 7.61. The first kappa shape index (κ1) is 63.9. The Hall–Kier alpha value is -3.09. The number of alkyl halides is 1. The van der Waals surface area contributed by atoms with Gasteiger partial charge >= 0.3 is 53.9 Å². The molecule has 0 aromatic carbocycles. The van der Waals surface area contributed by atoms with E-state index < -0.39 is 18.4 Å².